The fourth-order valence-electron chi connectivity index (χ4n) is 11.3. The van der Waals surface area contributed by atoms with Crippen LogP contribution in [-0.2, 0) is 0 Å². The van der Waals surface area contributed by atoms with Crippen LogP contribution in [-0.4, -0.2) is 56.6 Å². The van der Waals surface area contributed by atoms with E-state index in [1.54, 1.807) is 0 Å². The van der Waals surface area contributed by atoms with Gasteiger partial charge < -0.3 is 0 Å². The Balaban J connectivity index is 0.852. The summed E-state index contributed by atoms with van der Waals surface area (Å²) in [5.41, 5.74) is -14.1. The Morgan fingerprint density at radius 1 is 0.220 bits per heavy atom. The Kier molecular flexibility index (Phi) is 9.38. The van der Waals surface area contributed by atoms with Crippen LogP contribution in [0.3, 0.4) is 0 Å². The van der Waals surface area contributed by atoms with Crippen LogP contribution in [0, 0.1) is 58.2 Å². The molecule has 0 fully saturated rings. The third-order valence-electron chi connectivity index (χ3n) is 14.8. The maximum atomic E-state index is 15.0. The monoisotopic (exact) mass is 1130 g/mol. The maximum Gasteiger partial charge on any atom is 0.281 e. The lowest BCUT2D eigenvalue weighted by molar-refractivity contribution is 0.0833. The highest BCUT2D eigenvalue weighted by Crippen LogP contribution is 2.44. The van der Waals surface area contributed by atoms with E-state index in [0.717, 1.165) is 72.8 Å². The third-order valence-corrected chi connectivity index (χ3v) is 14.8. The number of nitrogens with zero attached hydrogens (tertiary/aromatic N) is 6. The first kappa shape index (κ1) is 49.0. The molecule has 18 nitrogen and oxygen atoms in total. The smallest absolute Gasteiger partial charge is 0.268 e. The highest BCUT2D eigenvalue weighted by molar-refractivity contribution is 6.43. The van der Waals surface area contributed by atoms with Crippen LogP contribution in [0.15, 0.2) is 92.0 Å². The van der Waals surface area contributed by atoms with Gasteiger partial charge in [0, 0.05) is 43.8 Å². The van der Waals surface area contributed by atoms with E-state index in [1.165, 1.54) is 0 Å². The maximum absolute atomic E-state index is 15.0. The second-order valence-electron chi connectivity index (χ2n) is 18.6. The largest absolute Gasteiger partial charge is 0.281 e. The molecule has 400 valence electrons. The van der Waals surface area contributed by atoms with E-state index in [0.29, 0.717) is 0 Å². The number of halogens is 10. The lowest BCUT2D eigenvalue weighted by Gasteiger charge is -2.31. The number of anilines is 2. The SMILES string of the molecule is O=C1c2ccc3c4c(ccc(c24)C(=O)N1c1c(F)c(F)c(F)c(F)c1F)C(=O)N(n1c(=O)c2ccc4c(ccc5c(=O)n(N6C(=O)c7ccc8c9c(ccc(c79)C6=O)C(=O)N(c6c(F)c(F)c(F)c(F)c6F)C8=O)c(=O)c54)c2c1=O)C3=O. The Morgan fingerprint density at radius 2 is 0.427 bits per heavy atom. The molecule has 0 spiro atoms. The standard InChI is InChI=1S/C54H12F10N6O12/c55-31-33(57)37(61)41(38(62)34(31)58)65-43(71)15-5-9-19-27-20(10-6-16(25(15)27)44(65)72)48(76)67(47(19)75)69-51(79)23-3-1-13-14(30(23)54(69)82)2-4-24-29(13)53(81)70(52(24)80)68-49(77)21-11-7-17-26-18(8-12-22(28(21)26)50(68)78)46(74)66(45(17)73)42-39(63)35(59)32(56)36(60)40(42)64/h1-12H. The van der Waals surface area contributed by atoms with Gasteiger partial charge in [-0.2, -0.15) is 19.4 Å². The van der Waals surface area contributed by atoms with Crippen molar-refractivity contribution < 1.29 is 82.3 Å². The molecule has 6 heterocycles. The molecule has 0 saturated carbocycles. The summed E-state index contributed by atoms with van der Waals surface area (Å²) < 4.78 is 145. The number of hydrogen-bond donors (Lipinski definition) is 0. The van der Waals surface area contributed by atoms with Crippen molar-refractivity contribution in [3.05, 3.63) is 217 Å². The van der Waals surface area contributed by atoms with Crippen LogP contribution in [0.1, 0.15) is 82.9 Å². The summed E-state index contributed by atoms with van der Waals surface area (Å²) >= 11 is 0. The van der Waals surface area contributed by atoms with E-state index in [2.05, 4.69) is 0 Å². The summed E-state index contributed by atoms with van der Waals surface area (Å²) in [6.45, 7) is 0. The fraction of sp³-hybridized carbons (Fsp3) is 0. The molecule has 0 radical (unpaired) electrons. The molecule has 0 saturated heterocycles. The van der Waals surface area contributed by atoms with E-state index in [9.17, 15) is 83.9 Å². The van der Waals surface area contributed by atoms with Gasteiger partial charge in [0.05, 0.1) is 43.8 Å². The number of imide groups is 4. The first-order valence-corrected chi connectivity index (χ1v) is 23.1. The molecule has 28 heteroatoms. The van der Waals surface area contributed by atoms with E-state index in [4.69, 9.17) is 0 Å². The van der Waals surface area contributed by atoms with Gasteiger partial charge in [0.2, 0.25) is 11.6 Å². The van der Waals surface area contributed by atoms with Crippen LogP contribution < -0.4 is 42.1 Å². The van der Waals surface area contributed by atoms with Gasteiger partial charge >= 0.3 is 0 Å². The van der Waals surface area contributed by atoms with Gasteiger partial charge in [-0.05, 0) is 71.4 Å². The minimum absolute atomic E-state index is 0.114. The second kappa shape index (κ2) is 15.7. The molecule has 2 aromatic heterocycles. The van der Waals surface area contributed by atoms with Crippen LogP contribution in [0.5, 0.6) is 0 Å². The number of benzene rings is 8. The van der Waals surface area contributed by atoms with Gasteiger partial charge in [0.1, 0.15) is 11.4 Å². The van der Waals surface area contributed by atoms with Gasteiger partial charge in [0.15, 0.2) is 46.5 Å². The highest BCUT2D eigenvalue weighted by Gasteiger charge is 2.47. The first-order valence-electron chi connectivity index (χ1n) is 23.1. The lowest BCUT2D eigenvalue weighted by atomic mass is 9.86. The number of hydrogen-bond acceptors (Lipinski definition) is 12. The van der Waals surface area contributed by atoms with Crippen molar-refractivity contribution in [2.75, 3.05) is 19.8 Å². The predicted molar refractivity (Wildman–Crippen MR) is 259 cm³/mol. The average Bonchev–Trinajstić information content (AvgIpc) is 2.06. The predicted octanol–water partition coefficient (Wildman–Crippen LogP) is 6.23. The van der Waals surface area contributed by atoms with Gasteiger partial charge in [-0.1, -0.05) is 12.1 Å². The molecule has 10 aromatic rings. The Morgan fingerprint density at radius 3 is 0.671 bits per heavy atom. The summed E-state index contributed by atoms with van der Waals surface area (Å²) in [6.07, 6.45) is 0. The molecule has 0 N–H and O–H groups in total. The molecular formula is C54H12F10N6O12. The number of aromatic nitrogens is 2. The summed E-state index contributed by atoms with van der Waals surface area (Å²) in [7, 11) is 0. The van der Waals surface area contributed by atoms with Gasteiger partial charge in [0.25, 0.3) is 69.5 Å². The molecule has 0 unspecified atom stereocenters. The summed E-state index contributed by atoms with van der Waals surface area (Å²) in [6, 6.07) is 10.8. The van der Waals surface area contributed by atoms with E-state index >= 15 is 17.6 Å². The number of fused-ring (bicyclic) bond motifs is 5. The van der Waals surface area contributed by atoms with Crippen molar-refractivity contribution in [2.45, 2.75) is 0 Å². The van der Waals surface area contributed by atoms with Crippen LogP contribution >= 0.6 is 0 Å². The molecular weight excluding hydrogens is 1110 g/mol. The van der Waals surface area contributed by atoms with Crippen molar-refractivity contribution in [2.24, 2.45) is 0 Å². The summed E-state index contributed by atoms with van der Waals surface area (Å²) in [4.78, 5) is 170. The molecule has 4 aliphatic rings. The molecule has 82 heavy (non-hydrogen) atoms. The zero-order chi connectivity index (χ0) is 58.2. The molecule has 0 aliphatic carbocycles. The van der Waals surface area contributed by atoms with E-state index in [1.807, 2.05) is 0 Å². The average molecular weight is 1130 g/mol. The molecule has 0 bridgehead atoms. The Hall–Kier alpha value is -11.3. The number of carbonyl (C=O) groups is 8. The third kappa shape index (κ3) is 5.52. The van der Waals surface area contributed by atoms with Crippen molar-refractivity contribution >= 4 is 112 Å². The van der Waals surface area contributed by atoms with Crippen molar-refractivity contribution in [3.8, 4) is 0 Å². The fourth-order valence-corrected chi connectivity index (χ4v) is 11.3. The number of rotatable bonds is 4. The van der Waals surface area contributed by atoms with Crippen molar-refractivity contribution in [1.82, 2.24) is 9.35 Å². The zero-order valence-electron chi connectivity index (χ0n) is 39.3. The number of amides is 8. The van der Waals surface area contributed by atoms with E-state index < -0.39 is 227 Å². The highest BCUT2D eigenvalue weighted by atomic mass is 19.2. The molecule has 8 amide bonds. The lowest BCUT2D eigenvalue weighted by Crippen LogP contribution is -2.55. The molecule has 14 rings (SSSR count). The first-order chi connectivity index (χ1) is 38.9. The van der Waals surface area contributed by atoms with Gasteiger partial charge in [-0.15, -0.1) is 0 Å². The van der Waals surface area contributed by atoms with Crippen LogP contribution in [0.25, 0.3) is 53.9 Å². The number of carbonyl (C=O) groups excluding carboxylic acids is 8. The van der Waals surface area contributed by atoms with Crippen molar-refractivity contribution in [3.63, 3.8) is 0 Å². The Bertz CT molecular complexity index is 4790. The Labute approximate surface area is 439 Å². The van der Waals surface area contributed by atoms with Gasteiger partial charge in [-0.3, -0.25) is 57.5 Å². The quantitative estimate of drug-likeness (QED) is 0.0827. The summed E-state index contributed by atoms with van der Waals surface area (Å²) in [5, 5.41) is -4.30. The minimum atomic E-state index is -2.59. The van der Waals surface area contributed by atoms with E-state index in [-0.39, 0.29) is 39.9 Å². The van der Waals surface area contributed by atoms with Crippen molar-refractivity contribution in [1.29, 1.82) is 0 Å². The molecule has 8 aromatic carbocycles. The zero-order valence-corrected chi connectivity index (χ0v) is 39.3. The topological polar surface area (TPSA) is 228 Å². The normalized spacial score (nSPS) is 15.0. The van der Waals surface area contributed by atoms with Crippen LogP contribution in [0.2, 0.25) is 0 Å². The minimum Gasteiger partial charge on any atom is -0.268 e. The summed E-state index contributed by atoms with van der Waals surface area (Å²) in [5.74, 6) is -37.6. The second-order valence-corrected chi connectivity index (χ2v) is 18.6. The van der Waals surface area contributed by atoms with Crippen LogP contribution in [0.4, 0.5) is 55.3 Å². The van der Waals surface area contributed by atoms with Gasteiger partial charge in [-0.25, -0.2) is 53.7 Å². The molecule has 4 aliphatic heterocycles. The molecule has 0 atom stereocenters.